The number of benzene rings is 1. The van der Waals surface area contributed by atoms with Crippen molar-refractivity contribution >= 4 is 11.3 Å². The van der Waals surface area contributed by atoms with Crippen molar-refractivity contribution in [3.05, 3.63) is 45.9 Å². The van der Waals surface area contributed by atoms with Gasteiger partial charge in [-0.05, 0) is 24.1 Å². The Balaban J connectivity index is 1.95. The highest BCUT2D eigenvalue weighted by Gasteiger charge is 2.17. The molecule has 0 aliphatic heterocycles. The second kappa shape index (κ2) is 6.58. The minimum atomic E-state index is 0.0900. The largest absolute Gasteiger partial charge is 0.486 e. The van der Waals surface area contributed by atoms with E-state index in [1.54, 1.807) is 11.3 Å². The third kappa shape index (κ3) is 4.29. The minimum absolute atomic E-state index is 0.0900. The van der Waals surface area contributed by atoms with Gasteiger partial charge in [0.05, 0.1) is 5.69 Å². The van der Waals surface area contributed by atoms with E-state index in [-0.39, 0.29) is 11.5 Å². The fraction of sp³-hybridized carbons (Fsp3) is 0.471. The van der Waals surface area contributed by atoms with Gasteiger partial charge in [0.2, 0.25) is 0 Å². The molecule has 1 aromatic carbocycles. The van der Waals surface area contributed by atoms with Gasteiger partial charge in [-0.25, -0.2) is 4.98 Å². The Morgan fingerprint density at radius 2 is 1.90 bits per heavy atom. The molecule has 0 aliphatic carbocycles. The van der Waals surface area contributed by atoms with Crippen molar-refractivity contribution in [2.75, 3.05) is 0 Å². The van der Waals surface area contributed by atoms with Crippen molar-refractivity contribution in [2.45, 2.75) is 52.2 Å². The van der Waals surface area contributed by atoms with Gasteiger partial charge in [-0.15, -0.1) is 11.3 Å². The standard InChI is InChI=1S/C17H24N2OS/c1-5-14(18)12-6-8-13(9-7-12)20-10-16-19-15(11-21-16)17(2,3)4/h6-9,11,14H,5,10,18H2,1-4H3. The van der Waals surface area contributed by atoms with E-state index >= 15 is 0 Å². The van der Waals surface area contributed by atoms with Crippen molar-refractivity contribution in [3.8, 4) is 5.75 Å². The molecule has 2 aromatic rings. The van der Waals surface area contributed by atoms with Gasteiger partial charge in [0, 0.05) is 16.8 Å². The third-order valence-electron chi connectivity index (χ3n) is 3.43. The van der Waals surface area contributed by atoms with Gasteiger partial charge in [-0.1, -0.05) is 39.8 Å². The summed E-state index contributed by atoms with van der Waals surface area (Å²) in [7, 11) is 0. The zero-order valence-electron chi connectivity index (χ0n) is 13.2. The third-order valence-corrected chi connectivity index (χ3v) is 4.25. The Bertz CT molecular complexity index is 569. The minimum Gasteiger partial charge on any atom is -0.486 e. The number of nitrogens with two attached hydrogens (primary N) is 1. The quantitative estimate of drug-likeness (QED) is 0.889. The van der Waals surface area contributed by atoms with Crippen LogP contribution >= 0.6 is 11.3 Å². The predicted octanol–water partition coefficient (Wildman–Crippen LogP) is 4.43. The van der Waals surface area contributed by atoms with Crippen LogP contribution in [0.25, 0.3) is 0 Å². The Labute approximate surface area is 131 Å². The van der Waals surface area contributed by atoms with E-state index in [2.05, 4.69) is 38.1 Å². The number of ether oxygens (including phenoxy) is 1. The van der Waals surface area contributed by atoms with Crippen LogP contribution in [0.2, 0.25) is 0 Å². The fourth-order valence-electron chi connectivity index (χ4n) is 1.91. The Hall–Kier alpha value is -1.39. The number of aromatic nitrogens is 1. The first-order valence-electron chi connectivity index (χ1n) is 7.33. The lowest BCUT2D eigenvalue weighted by atomic mass is 9.93. The molecule has 2 rings (SSSR count). The molecule has 21 heavy (non-hydrogen) atoms. The molecule has 1 heterocycles. The summed E-state index contributed by atoms with van der Waals surface area (Å²) in [5, 5.41) is 3.12. The lowest BCUT2D eigenvalue weighted by Gasteiger charge is -2.14. The van der Waals surface area contributed by atoms with Crippen LogP contribution in [0.3, 0.4) is 0 Å². The molecule has 0 saturated carbocycles. The highest BCUT2D eigenvalue weighted by molar-refractivity contribution is 7.09. The van der Waals surface area contributed by atoms with Crippen LogP contribution in [0, 0.1) is 0 Å². The maximum absolute atomic E-state index is 6.00. The molecule has 1 aromatic heterocycles. The lowest BCUT2D eigenvalue weighted by molar-refractivity contribution is 0.304. The van der Waals surface area contributed by atoms with Crippen LogP contribution in [-0.4, -0.2) is 4.98 Å². The predicted molar refractivity (Wildman–Crippen MR) is 88.8 cm³/mol. The van der Waals surface area contributed by atoms with Crippen LogP contribution in [0.4, 0.5) is 0 Å². The lowest BCUT2D eigenvalue weighted by Crippen LogP contribution is -2.11. The van der Waals surface area contributed by atoms with Gasteiger partial charge in [0.25, 0.3) is 0 Å². The van der Waals surface area contributed by atoms with Gasteiger partial charge in [0.1, 0.15) is 17.4 Å². The van der Waals surface area contributed by atoms with Crippen molar-refractivity contribution in [1.82, 2.24) is 4.98 Å². The SMILES string of the molecule is CCC(N)c1ccc(OCc2nc(C(C)(C)C)cs2)cc1. The second-order valence-corrected chi connectivity index (χ2v) is 7.19. The van der Waals surface area contributed by atoms with Crippen molar-refractivity contribution < 1.29 is 4.74 Å². The Kier molecular flexibility index (Phi) is 5.01. The average Bonchev–Trinajstić information content (AvgIpc) is 2.94. The molecule has 3 nitrogen and oxygen atoms in total. The molecule has 0 bridgehead atoms. The number of nitrogens with zero attached hydrogens (tertiary/aromatic N) is 1. The van der Waals surface area contributed by atoms with E-state index < -0.39 is 0 Å². The summed E-state index contributed by atoms with van der Waals surface area (Å²) in [5.74, 6) is 0.856. The fourth-order valence-corrected chi connectivity index (χ4v) is 2.85. The molecular weight excluding hydrogens is 280 g/mol. The van der Waals surface area contributed by atoms with Crippen LogP contribution < -0.4 is 10.5 Å². The van der Waals surface area contributed by atoms with E-state index in [0.29, 0.717) is 6.61 Å². The highest BCUT2D eigenvalue weighted by Crippen LogP contribution is 2.25. The van der Waals surface area contributed by atoms with Gasteiger partial charge in [-0.3, -0.25) is 0 Å². The van der Waals surface area contributed by atoms with Gasteiger partial charge >= 0.3 is 0 Å². The smallest absolute Gasteiger partial charge is 0.140 e. The van der Waals surface area contributed by atoms with Gasteiger partial charge in [0.15, 0.2) is 0 Å². The Morgan fingerprint density at radius 1 is 1.24 bits per heavy atom. The maximum Gasteiger partial charge on any atom is 0.140 e. The molecule has 0 radical (unpaired) electrons. The summed E-state index contributed by atoms with van der Waals surface area (Å²) in [5.41, 5.74) is 8.36. The summed E-state index contributed by atoms with van der Waals surface area (Å²) < 4.78 is 5.79. The number of hydrogen-bond donors (Lipinski definition) is 1. The van der Waals surface area contributed by atoms with Crippen LogP contribution in [0.1, 0.15) is 56.4 Å². The first-order chi connectivity index (χ1) is 9.90. The number of hydrogen-bond acceptors (Lipinski definition) is 4. The molecule has 1 unspecified atom stereocenters. The topological polar surface area (TPSA) is 48.1 Å². The van der Waals surface area contributed by atoms with E-state index in [9.17, 15) is 0 Å². The molecule has 0 saturated heterocycles. The van der Waals surface area contributed by atoms with E-state index in [1.807, 2.05) is 24.3 Å². The van der Waals surface area contributed by atoms with Crippen molar-refractivity contribution in [2.24, 2.45) is 5.73 Å². The zero-order valence-corrected chi connectivity index (χ0v) is 14.0. The van der Waals surface area contributed by atoms with Crippen LogP contribution in [0.5, 0.6) is 5.75 Å². The molecule has 0 amide bonds. The molecule has 2 N–H and O–H groups in total. The van der Waals surface area contributed by atoms with Crippen LogP contribution in [-0.2, 0) is 12.0 Å². The highest BCUT2D eigenvalue weighted by atomic mass is 32.1. The Morgan fingerprint density at radius 3 is 2.43 bits per heavy atom. The molecule has 0 spiro atoms. The number of rotatable bonds is 5. The average molecular weight is 304 g/mol. The second-order valence-electron chi connectivity index (χ2n) is 6.25. The molecule has 0 aliphatic rings. The van der Waals surface area contributed by atoms with Crippen LogP contribution in [0.15, 0.2) is 29.6 Å². The normalized spacial score (nSPS) is 13.2. The van der Waals surface area contributed by atoms with Gasteiger partial charge in [-0.2, -0.15) is 0 Å². The van der Waals surface area contributed by atoms with E-state index in [4.69, 9.17) is 10.5 Å². The summed E-state index contributed by atoms with van der Waals surface area (Å²) in [6.07, 6.45) is 0.939. The van der Waals surface area contributed by atoms with Crippen molar-refractivity contribution in [1.29, 1.82) is 0 Å². The summed E-state index contributed by atoms with van der Waals surface area (Å²) in [4.78, 5) is 4.63. The molecular formula is C17H24N2OS. The number of thiazole rings is 1. The summed E-state index contributed by atoms with van der Waals surface area (Å²) in [6.45, 7) is 9.11. The van der Waals surface area contributed by atoms with Crippen molar-refractivity contribution in [3.63, 3.8) is 0 Å². The van der Waals surface area contributed by atoms with E-state index in [0.717, 1.165) is 28.4 Å². The molecule has 114 valence electrons. The first-order valence-corrected chi connectivity index (χ1v) is 8.21. The molecule has 1 atom stereocenters. The maximum atomic E-state index is 6.00. The summed E-state index contributed by atoms with van der Waals surface area (Å²) in [6, 6.07) is 8.12. The zero-order chi connectivity index (χ0) is 15.5. The first kappa shape index (κ1) is 16.0. The van der Waals surface area contributed by atoms with Gasteiger partial charge < -0.3 is 10.5 Å². The monoisotopic (exact) mass is 304 g/mol. The summed E-state index contributed by atoms with van der Waals surface area (Å²) >= 11 is 1.65. The molecule has 4 heteroatoms. The molecule has 0 fully saturated rings. The van der Waals surface area contributed by atoms with E-state index in [1.165, 1.54) is 0 Å².